The highest BCUT2D eigenvalue weighted by Gasteiger charge is 2.13. The summed E-state index contributed by atoms with van der Waals surface area (Å²) in [6.45, 7) is 3.76. The molecule has 4 heteroatoms. The first-order chi connectivity index (χ1) is 10.1. The van der Waals surface area contributed by atoms with Crippen LogP contribution < -0.4 is 0 Å². The summed E-state index contributed by atoms with van der Waals surface area (Å²) < 4.78 is 0. The van der Waals surface area contributed by atoms with Crippen molar-refractivity contribution in [3.63, 3.8) is 0 Å². The zero-order chi connectivity index (χ0) is 15.0. The second-order valence-corrected chi connectivity index (χ2v) is 5.10. The molecule has 1 heterocycles. The van der Waals surface area contributed by atoms with Crippen LogP contribution in [0.25, 0.3) is 22.2 Å². The number of pyridine rings is 1. The van der Waals surface area contributed by atoms with Crippen molar-refractivity contribution in [2.45, 2.75) is 13.8 Å². The summed E-state index contributed by atoms with van der Waals surface area (Å²) in [5.74, 6) is 0. The Morgan fingerprint density at radius 2 is 1.76 bits per heavy atom. The number of para-hydroxylation sites is 1. The van der Waals surface area contributed by atoms with Gasteiger partial charge in [-0.05, 0) is 31.5 Å². The SMILES string of the molecule is Cc1ccc(-c2cc(C)c3ccccc3n2)cc1[N+](=O)[O-]. The highest BCUT2D eigenvalue weighted by atomic mass is 16.6. The molecule has 0 radical (unpaired) electrons. The molecule has 0 aliphatic carbocycles. The summed E-state index contributed by atoms with van der Waals surface area (Å²) in [5, 5.41) is 12.2. The van der Waals surface area contributed by atoms with Gasteiger partial charge in [-0.3, -0.25) is 10.1 Å². The summed E-state index contributed by atoms with van der Waals surface area (Å²) in [6.07, 6.45) is 0. The van der Waals surface area contributed by atoms with E-state index in [9.17, 15) is 10.1 Å². The van der Waals surface area contributed by atoms with Gasteiger partial charge in [0, 0.05) is 22.6 Å². The van der Waals surface area contributed by atoms with Gasteiger partial charge in [0.1, 0.15) is 0 Å². The Labute approximate surface area is 122 Å². The van der Waals surface area contributed by atoms with E-state index in [1.54, 1.807) is 19.1 Å². The lowest BCUT2D eigenvalue weighted by Gasteiger charge is -2.07. The lowest BCUT2D eigenvalue weighted by Crippen LogP contribution is -1.94. The molecule has 0 unspecified atom stereocenters. The van der Waals surface area contributed by atoms with E-state index in [2.05, 4.69) is 4.98 Å². The minimum Gasteiger partial charge on any atom is -0.258 e. The Hall–Kier alpha value is -2.75. The van der Waals surface area contributed by atoms with Crippen molar-refractivity contribution in [1.82, 2.24) is 4.98 Å². The van der Waals surface area contributed by atoms with Crippen LogP contribution in [0, 0.1) is 24.0 Å². The smallest absolute Gasteiger partial charge is 0.258 e. The molecule has 21 heavy (non-hydrogen) atoms. The monoisotopic (exact) mass is 278 g/mol. The minimum atomic E-state index is -0.354. The molecular formula is C17H14N2O2. The Morgan fingerprint density at radius 1 is 1.00 bits per heavy atom. The molecule has 0 aliphatic rings. The van der Waals surface area contributed by atoms with Gasteiger partial charge in [-0.1, -0.05) is 30.3 Å². The van der Waals surface area contributed by atoms with E-state index in [4.69, 9.17) is 0 Å². The van der Waals surface area contributed by atoms with Gasteiger partial charge < -0.3 is 0 Å². The normalized spacial score (nSPS) is 10.8. The van der Waals surface area contributed by atoms with Crippen molar-refractivity contribution in [3.8, 4) is 11.3 Å². The molecule has 0 saturated heterocycles. The number of fused-ring (bicyclic) bond motifs is 1. The number of aromatic nitrogens is 1. The third-order valence-electron chi connectivity index (χ3n) is 3.62. The fourth-order valence-electron chi connectivity index (χ4n) is 2.46. The first kappa shape index (κ1) is 13.2. The van der Waals surface area contributed by atoms with Crippen LogP contribution in [0.1, 0.15) is 11.1 Å². The molecule has 3 aromatic rings. The van der Waals surface area contributed by atoms with E-state index < -0.39 is 0 Å². The van der Waals surface area contributed by atoms with Crippen LogP contribution in [0.2, 0.25) is 0 Å². The fraction of sp³-hybridized carbons (Fsp3) is 0.118. The van der Waals surface area contributed by atoms with E-state index in [0.29, 0.717) is 5.56 Å². The van der Waals surface area contributed by atoms with E-state index in [-0.39, 0.29) is 10.6 Å². The largest absolute Gasteiger partial charge is 0.272 e. The van der Waals surface area contributed by atoms with Crippen LogP contribution in [-0.2, 0) is 0 Å². The highest BCUT2D eigenvalue weighted by Crippen LogP contribution is 2.28. The maximum atomic E-state index is 11.1. The molecule has 0 aliphatic heterocycles. The fourth-order valence-corrected chi connectivity index (χ4v) is 2.46. The predicted molar refractivity (Wildman–Crippen MR) is 83.3 cm³/mol. The average molecular weight is 278 g/mol. The van der Waals surface area contributed by atoms with Crippen molar-refractivity contribution in [3.05, 3.63) is 69.8 Å². The van der Waals surface area contributed by atoms with Crippen LogP contribution in [0.4, 0.5) is 5.69 Å². The van der Waals surface area contributed by atoms with Gasteiger partial charge in [0.15, 0.2) is 0 Å². The molecule has 0 saturated carbocycles. The van der Waals surface area contributed by atoms with Gasteiger partial charge in [-0.25, -0.2) is 4.98 Å². The number of hydrogen-bond donors (Lipinski definition) is 0. The van der Waals surface area contributed by atoms with Gasteiger partial charge >= 0.3 is 0 Å². The van der Waals surface area contributed by atoms with Crippen LogP contribution in [0.3, 0.4) is 0 Å². The molecule has 104 valence electrons. The van der Waals surface area contributed by atoms with Crippen molar-refractivity contribution in [2.75, 3.05) is 0 Å². The van der Waals surface area contributed by atoms with Gasteiger partial charge in [-0.2, -0.15) is 0 Å². The van der Waals surface area contributed by atoms with E-state index in [1.165, 1.54) is 0 Å². The third kappa shape index (κ3) is 2.36. The molecule has 0 bridgehead atoms. The van der Waals surface area contributed by atoms with Crippen molar-refractivity contribution in [2.24, 2.45) is 0 Å². The number of rotatable bonds is 2. The van der Waals surface area contributed by atoms with Gasteiger partial charge in [0.25, 0.3) is 5.69 Å². The molecular weight excluding hydrogens is 264 g/mol. The molecule has 3 rings (SSSR count). The number of nitrogens with zero attached hydrogens (tertiary/aromatic N) is 2. The third-order valence-corrected chi connectivity index (χ3v) is 3.62. The second-order valence-electron chi connectivity index (χ2n) is 5.10. The summed E-state index contributed by atoms with van der Waals surface area (Å²) in [4.78, 5) is 15.3. The van der Waals surface area contributed by atoms with Gasteiger partial charge in [0.05, 0.1) is 16.1 Å². The lowest BCUT2D eigenvalue weighted by atomic mass is 10.0. The summed E-state index contributed by atoms with van der Waals surface area (Å²) in [6, 6.07) is 15.1. The second kappa shape index (κ2) is 4.98. The summed E-state index contributed by atoms with van der Waals surface area (Å²) >= 11 is 0. The average Bonchev–Trinajstić information content (AvgIpc) is 2.47. The topological polar surface area (TPSA) is 56.0 Å². The molecule has 0 atom stereocenters. The number of aryl methyl sites for hydroxylation is 2. The Balaban J connectivity index is 2.21. The van der Waals surface area contributed by atoms with Crippen LogP contribution >= 0.6 is 0 Å². The molecule has 4 nitrogen and oxygen atoms in total. The first-order valence-electron chi connectivity index (χ1n) is 6.68. The summed E-state index contributed by atoms with van der Waals surface area (Å²) in [7, 11) is 0. The maximum absolute atomic E-state index is 11.1. The number of nitro benzene ring substituents is 1. The van der Waals surface area contributed by atoms with E-state index in [1.807, 2.05) is 43.3 Å². The highest BCUT2D eigenvalue weighted by molar-refractivity contribution is 5.85. The standard InChI is InChI=1S/C17H14N2O2/c1-11-7-8-13(10-17(11)19(20)21)16-9-12(2)14-5-3-4-6-15(14)18-16/h3-10H,1-2H3. The predicted octanol–water partition coefficient (Wildman–Crippen LogP) is 4.43. The van der Waals surface area contributed by atoms with Gasteiger partial charge in [0.2, 0.25) is 0 Å². The van der Waals surface area contributed by atoms with Crippen LogP contribution in [0.5, 0.6) is 0 Å². The zero-order valence-corrected chi connectivity index (χ0v) is 11.8. The quantitative estimate of drug-likeness (QED) is 0.514. The zero-order valence-electron chi connectivity index (χ0n) is 11.8. The Bertz CT molecular complexity index is 857. The molecule has 2 aromatic carbocycles. The number of hydrogen-bond acceptors (Lipinski definition) is 3. The molecule has 0 N–H and O–H groups in total. The maximum Gasteiger partial charge on any atom is 0.272 e. The number of nitro groups is 1. The van der Waals surface area contributed by atoms with Crippen molar-refractivity contribution < 1.29 is 4.92 Å². The molecule has 1 aromatic heterocycles. The van der Waals surface area contributed by atoms with Crippen LogP contribution in [-0.4, -0.2) is 9.91 Å². The van der Waals surface area contributed by atoms with Crippen LogP contribution in [0.15, 0.2) is 48.5 Å². The molecule has 0 amide bonds. The number of benzene rings is 2. The first-order valence-corrected chi connectivity index (χ1v) is 6.68. The minimum absolute atomic E-state index is 0.125. The van der Waals surface area contributed by atoms with Gasteiger partial charge in [-0.15, -0.1) is 0 Å². The van der Waals surface area contributed by atoms with Crippen molar-refractivity contribution in [1.29, 1.82) is 0 Å². The lowest BCUT2D eigenvalue weighted by molar-refractivity contribution is -0.385. The Morgan fingerprint density at radius 3 is 2.52 bits per heavy atom. The van der Waals surface area contributed by atoms with Crippen molar-refractivity contribution >= 4 is 16.6 Å². The molecule has 0 spiro atoms. The van der Waals surface area contributed by atoms with E-state index >= 15 is 0 Å². The summed E-state index contributed by atoms with van der Waals surface area (Å²) in [5.41, 5.74) is 4.31. The Kier molecular flexibility index (Phi) is 3.14. The molecule has 0 fully saturated rings. The van der Waals surface area contributed by atoms with E-state index in [0.717, 1.165) is 27.7 Å².